The number of rotatable bonds is 7. The third kappa shape index (κ3) is 5.51. The van der Waals surface area contributed by atoms with Gasteiger partial charge in [-0.2, -0.15) is 9.97 Å². The Morgan fingerprint density at radius 3 is 2.81 bits per heavy atom. The number of hydrogen-bond donors (Lipinski definition) is 0. The van der Waals surface area contributed by atoms with Crippen molar-refractivity contribution in [1.82, 2.24) is 19.8 Å². The van der Waals surface area contributed by atoms with Crippen LogP contribution in [0.15, 0.2) is 49.1 Å². The molecule has 0 unspecified atom stereocenters. The van der Waals surface area contributed by atoms with Crippen LogP contribution in [0.1, 0.15) is 29.7 Å². The van der Waals surface area contributed by atoms with E-state index in [0.29, 0.717) is 44.8 Å². The second kappa shape index (κ2) is 12.0. The van der Waals surface area contributed by atoms with Crippen LogP contribution in [0.5, 0.6) is 6.01 Å². The maximum Gasteiger partial charge on any atom is 0.318 e. The van der Waals surface area contributed by atoms with Crippen LogP contribution in [0.3, 0.4) is 0 Å². The highest BCUT2D eigenvalue weighted by Crippen LogP contribution is 2.35. The van der Waals surface area contributed by atoms with Gasteiger partial charge >= 0.3 is 6.01 Å². The zero-order valence-electron chi connectivity index (χ0n) is 24.6. The summed E-state index contributed by atoms with van der Waals surface area (Å²) in [4.78, 5) is 34.9. The molecule has 0 saturated carbocycles. The molecule has 218 valence electrons. The summed E-state index contributed by atoms with van der Waals surface area (Å²) < 4.78 is 6.30. The molecule has 3 aromatic rings. The van der Waals surface area contributed by atoms with Gasteiger partial charge in [-0.05, 0) is 63.4 Å². The molecule has 3 aliphatic rings. The summed E-state index contributed by atoms with van der Waals surface area (Å²) in [5.41, 5.74) is 4.58. The number of aryl methyl sites for hydroxylation is 1. The third-order valence-electron chi connectivity index (χ3n) is 9.00. The van der Waals surface area contributed by atoms with Gasteiger partial charge in [0.1, 0.15) is 18.5 Å². The number of likely N-dealkylation sites (tertiary alicyclic amines) is 1. The number of nitrogens with zero attached hydrogens (tertiary/aromatic N) is 7. The van der Waals surface area contributed by atoms with E-state index in [1.165, 1.54) is 34.5 Å². The quantitative estimate of drug-likeness (QED) is 0.316. The topological polar surface area (TPSA) is 69.4 Å². The van der Waals surface area contributed by atoms with Gasteiger partial charge in [0.05, 0.1) is 12.2 Å². The van der Waals surface area contributed by atoms with E-state index in [1.54, 1.807) is 4.90 Å². The second-order valence-electron chi connectivity index (χ2n) is 11.7. The van der Waals surface area contributed by atoms with Gasteiger partial charge in [-0.25, -0.2) is 6.57 Å². The molecule has 0 radical (unpaired) electrons. The molecule has 9 heteroatoms. The number of benzene rings is 2. The van der Waals surface area contributed by atoms with Crippen LogP contribution in [0.2, 0.25) is 0 Å². The molecule has 0 N–H and O–H groups in total. The number of ether oxygens (including phenoxy) is 1. The lowest BCUT2D eigenvalue weighted by molar-refractivity contribution is -0.128. The monoisotopic (exact) mass is 565 g/mol. The fraction of sp³-hybridized carbons (Fsp3) is 0.455. The third-order valence-corrected chi connectivity index (χ3v) is 9.00. The van der Waals surface area contributed by atoms with Gasteiger partial charge in [0.2, 0.25) is 12.5 Å². The van der Waals surface area contributed by atoms with Crippen molar-refractivity contribution in [3.05, 3.63) is 77.3 Å². The first-order valence-corrected chi connectivity index (χ1v) is 14.9. The van der Waals surface area contributed by atoms with Gasteiger partial charge in [0.25, 0.3) is 0 Å². The number of amides is 1. The predicted octanol–water partition coefficient (Wildman–Crippen LogP) is 4.10. The first kappa shape index (κ1) is 28.0. The fourth-order valence-electron chi connectivity index (χ4n) is 6.64. The maximum absolute atomic E-state index is 12.5. The summed E-state index contributed by atoms with van der Waals surface area (Å²) in [6, 6.07) is 13.7. The Hall–Kier alpha value is -4.16. The average Bonchev–Trinajstić information content (AvgIpc) is 3.43. The molecule has 2 saturated heterocycles. The fourth-order valence-corrected chi connectivity index (χ4v) is 6.64. The maximum atomic E-state index is 12.5. The molecule has 0 spiro atoms. The molecule has 2 atom stereocenters. The van der Waals surface area contributed by atoms with Crippen molar-refractivity contribution in [3.63, 3.8) is 0 Å². The van der Waals surface area contributed by atoms with Gasteiger partial charge in [0, 0.05) is 48.9 Å². The van der Waals surface area contributed by atoms with Crippen molar-refractivity contribution in [1.29, 1.82) is 0 Å². The number of fused-ring (bicyclic) bond motifs is 2. The van der Waals surface area contributed by atoms with Crippen molar-refractivity contribution in [2.45, 2.75) is 44.8 Å². The second-order valence-corrected chi connectivity index (χ2v) is 11.7. The number of carbonyl (C=O) groups is 1. The lowest BCUT2D eigenvalue weighted by atomic mass is 10.0. The Balaban J connectivity index is 1.33. The molecule has 2 aromatic carbocycles. The zero-order valence-corrected chi connectivity index (χ0v) is 24.6. The lowest BCUT2D eigenvalue weighted by Gasteiger charge is -2.41. The standard InChI is InChI=1S/C33H39N7O2/c1-5-31(41)40-17-16-39(20-26(40)19-34-3)32-27-13-15-38(30-10-6-8-24-12-11-23(2)18-28(24)30)21-29(27)35-33(36-32)42-22-25-9-7-14-37(25)4/h5-6,8,10-12,18,25-26H,1,7,9,13-17,19-22H2,2,4H3/t25-,26-/m0/s1. The summed E-state index contributed by atoms with van der Waals surface area (Å²) in [7, 11) is 2.14. The first-order chi connectivity index (χ1) is 20.4. The first-order valence-electron chi connectivity index (χ1n) is 14.9. The SMILES string of the molecule is [C-]#[N+]C[C@H]1CN(c2nc(OC[C@@H]3CCCN3C)nc3c2CCN(c2cccc4ccc(C)cc24)C3)CCN1C(=O)C=C. The summed E-state index contributed by atoms with van der Waals surface area (Å²) in [6.07, 6.45) is 4.43. The summed E-state index contributed by atoms with van der Waals surface area (Å²) in [6.45, 7) is 18.4. The van der Waals surface area contributed by atoms with Crippen LogP contribution in [-0.4, -0.2) is 90.7 Å². The highest BCUT2D eigenvalue weighted by atomic mass is 16.5. The number of anilines is 2. The van der Waals surface area contributed by atoms with E-state index in [9.17, 15) is 4.79 Å². The van der Waals surface area contributed by atoms with Crippen molar-refractivity contribution in [2.75, 3.05) is 62.7 Å². The highest BCUT2D eigenvalue weighted by Gasteiger charge is 2.35. The van der Waals surface area contributed by atoms with Crippen LogP contribution in [-0.2, 0) is 17.8 Å². The van der Waals surface area contributed by atoms with Crippen LogP contribution < -0.4 is 14.5 Å². The van der Waals surface area contributed by atoms with Crippen molar-refractivity contribution in [2.24, 2.45) is 0 Å². The molecular weight excluding hydrogens is 526 g/mol. The minimum atomic E-state index is -0.220. The van der Waals surface area contributed by atoms with Crippen LogP contribution in [0.4, 0.5) is 11.5 Å². The molecule has 4 heterocycles. The average molecular weight is 566 g/mol. The Morgan fingerprint density at radius 1 is 1.14 bits per heavy atom. The van der Waals surface area contributed by atoms with E-state index >= 15 is 0 Å². The minimum absolute atomic E-state index is 0.126. The Morgan fingerprint density at radius 2 is 2.02 bits per heavy atom. The van der Waals surface area contributed by atoms with Crippen molar-refractivity contribution in [3.8, 4) is 6.01 Å². The van der Waals surface area contributed by atoms with Crippen LogP contribution in [0.25, 0.3) is 15.6 Å². The van der Waals surface area contributed by atoms with E-state index < -0.39 is 0 Å². The van der Waals surface area contributed by atoms with Gasteiger partial charge in [-0.15, -0.1) is 0 Å². The summed E-state index contributed by atoms with van der Waals surface area (Å²) in [5, 5.41) is 2.48. The van der Waals surface area contributed by atoms with Gasteiger partial charge in [-0.3, -0.25) is 4.79 Å². The molecule has 6 rings (SSSR count). The number of carbonyl (C=O) groups excluding carboxylic acids is 1. The number of aromatic nitrogens is 2. The van der Waals surface area contributed by atoms with Crippen LogP contribution in [0, 0.1) is 13.5 Å². The molecule has 9 nitrogen and oxygen atoms in total. The molecule has 1 amide bonds. The Bertz CT molecular complexity index is 1530. The number of hydrogen-bond acceptors (Lipinski definition) is 7. The molecular formula is C33H39N7O2. The minimum Gasteiger partial charge on any atom is -0.462 e. The number of piperazine rings is 1. The largest absolute Gasteiger partial charge is 0.462 e. The van der Waals surface area contributed by atoms with Crippen molar-refractivity contribution >= 4 is 28.2 Å². The summed E-state index contributed by atoms with van der Waals surface area (Å²) >= 11 is 0. The van der Waals surface area contributed by atoms with E-state index in [4.69, 9.17) is 21.3 Å². The molecule has 0 bridgehead atoms. The smallest absolute Gasteiger partial charge is 0.318 e. The predicted molar refractivity (Wildman–Crippen MR) is 166 cm³/mol. The Kier molecular flexibility index (Phi) is 7.98. The highest BCUT2D eigenvalue weighted by molar-refractivity contribution is 5.95. The van der Waals surface area contributed by atoms with Gasteiger partial charge in [0.15, 0.2) is 0 Å². The number of likely N-dealkylation sites (N-methyl/N-ethyl adjacent to an activating group) is 1. The van der Waals surface area contributed by atoms with Gasteiger partial charge < -0.3 is 29.2 Å². The molecule has 0 aliphatic carbocycles. The van der Waals surface area contributed by atoms with E-state index in [2.05, 4.69) is 76.5 Å². The molecule has 1 aromatic heterocycles. The summed E-state index contributed by atoms with van der Waals surface area (Å²) in [5.74, 6) is 0.752. The van der Waals surface area contributed by atoms with Crippen molar-refractivity contribution < 1.29 is 9.53 Å². The van der Waals surface area contributed by atoms with Gasteiger partial charge in [-0.1, -0.05) is 36.4 Å². The zero-order chi connectivity index (χ0) is 29.2. The van der Waals surface area contributed by atoms with E-state index in [1.807, 2.05) is 0 Å². The molecule has 2 fully saturated rings. The van der Waals surface area contributed by atoms with E-state index in [-0.39, 0.29) is 18.5 Å². The lowest BCUT2D eigenvalue weighted by Crippen LogP contribution is -2.56. The molecule has 42 heavy (non-hydrogen) atoms. The van der Waals surface area contributed by atoms with Crippen LogP contribution >= 0.6 is 0 Å². The normalized spacial score (nSPS) is 20.8. The molecule has 3 aliphatic heterocycles. The Labute approximate surface area is 248 Å². The van der Waals surface area contributed by atoms with E-state index in [0.717, 1.165) is 43.0 Å².